The maximum absolute atomic E-state index is 11.9. The van der Waals surface area contributed by atoms with Crippen molar-refractivity contribution in [2.45, 2.75) is 13.8 Å². The van der Waals surface area contributed by atoms with E-state index in [0.29, 0.717) is 18.9 Å². The summed E-state index contributed by atoms with van der Waals surface area (Å²) in [4.78, 5) is 21.7. The van der Waals surface area contributed by atoms with Gasteiger partial charge in [0.15, 0.2) is 0 Å². The number of carbonyl (C=O) groups excluding carboxylic acids is 1. The Morgan fingerprint density at radius 2 is 2.19 bits per heavy atom. The van der Waals surface area contributed by atoms with Crippen molar-refractivity contribution in [3.8, 4) is 0 Å². The van der Waals surface area contributed by atoms with Crippen LogP contribution in [-0.2, 0) is 0 Å². The van der Waals surface area contributed by atoms with Crippen molar-refractivity contribution < 1.29 is 4.79 Å². The number of fused-ring (bicyclic) bond motifs is 1. The Morgan fingerprint density at radius 3 is 2.81 bits per heavy atom. The normalized spacial score (nSPS) is 10.6. The van der Waals surface area contributed by atoms with Gasteiger partial charge >= 0.3 is 0 Å². The molecule has 0 atom stereocenters. The van der Waals surface area contributed by atoms with Crippen LogP contribution < -0.4 is 0 Å². The summed E-state index contributed by atoms with van der Waals surface area (Å²) >= 11 is 0. The monoisotopic (exact) mass is 219 g/mol. The minimum absolute atomic E-state index is 0.157. The zero-order valence-electron chi connectivity index (χ0n) is 9.29. The molecule has 0 aliphatic rings. The molecule has 1 amide bonds. The smallest absolute Gasteiger partial charge is 0.293 e. The molecule has 0 fully saturated rings. The fraction of sp³-hybridized carbons (Fsp3) is 0.400. The first-order valence-electron chi connectivity index (χ1n) is 5.23. The second-order valence-electron chi connectivity index (χ2n) is 3.28. The first-order chi connectivity index (χ1) is 7.76. The van der Waals surface area contributed by atoms with Crippen molar-refractivity contribution >= 4 is 11.7 Å². The summed E-state index contributed by atoms with van der Waals surface area (Å²) < 4.78 is 1.50. The Labute approximate surface area is 92.9 Å². The van der Waals surface area contributed by atoms with E-state index in [1.165, 1.54) is 4.52 Å². The van der Waals surface area contributed by atoms with Gasteiger partial charge in [0.1, 0.15) is 0 Å². The molecule has 0 aliphatic carbocycles. The van der Waals surface area contributed by atoms with Crippen LogP contribution in [-0.4, -0.2) is 43.5 Å². The lowest BCUT2D eigenvalue weighted by Crippen LogP contribution is -2.31. The van der Waals surface area contributed by atoms with Gasteiger partial charge in [-0.05, 0) is 19.9 Å². The van der Waals surface area contributed by atoms with Crippen LogP contribution in [0.2, 0.25) is 0 Å². The highest BCUT2D eigenvalue weighted by atomic mass is 16.2. The summed E-state index contributed by atoms with van der Waals surface area (Å²) in [6.45, 7) is 5.15. The second-order valence-corrected chi connectivity index (χ2v) is 3.28. The van der Waals surface area contributed by atoms with E-state index < -0.39 is 0 Å². The van der Waals surface area contributed by atoms with Crippen molar-refractivity contribution in [3.63, 3.8) is 0 Å². The maximum atomic E-state index is 11.9. The van der Waals surface area contributed by atoms with Gasteiger partial charge < -0.3 is 4.90 Å². The van der Waals surface area contributed by atoms with Crippen LogP contribution in [0.25, 0.3) is 5.78 Å². The van der Waals surface area contributed by atoms with Crippen LogP contribution in [0.1, 0.15) is 24.5 Å². The van der Waals surface area contributed by atoms with Gasteiger partial charge in [0.2, 0.25) is 5.82 Å². The molecule has 2 aromatic rings. The van der Waals surface area contributed by atoms with Gasteiger partial charge in [-0.15, -0.1) is 5.10 Å². The summed E-state index contributed by atoms with van der Waals surface area (Å²) in [5.74, 6) is 0.482. The lowest BCUT2D eigenvalue weighted by Gasteiger charge is -2.15. The predicted octanol–water partition coefficient (Wildman–Crippen LogP) is 0.606. The zero-order valence-corrected chi connectivity index (χ0v) is 9.29. The third kappa shape index (κ3) is 1.73. The van der Waals surface area contributed by atoms with Crippen molar-refractivity contribution in [2.75, 3.05) is 13.1 Å². The minimum atomic E-state index is -0.157. The molecule has 84 valence electrons. The number of aromatic nitrogens is 4. The standard InChI is InChI=1S/C10H13N5O/c1-3-14(4-2)9(16)8-12-10-11-6-5-7-15(10)13-8/h5-7H,3-4H2,1-2H3. The number of rotatable bonds is 3. The molecule has 0 saturated heterocycles. The Hall–Kier alpha value is -1.98. The van der Waals surface area contributed by atoms with Gasteiger partial charge in [0.05, 0.1) is 0 Å². The predicted molar refractivity (Wildman–Crippen MR) is 58.0 cm³/mol. The number of nitrogens with zero attached hydrogens (tertiary/aromatic N) is 5. The number of hydrogen-bond acceptors (Lipinski definition) is 4. The van der Waals surface area contributed by atoms with Crippen molar-refractivity contribution in [1.29, 1.82) is 0 Å². The summed E-state index contributed by atoms with van der Waals surface area (Å²) in [7, 11) is 0. The molecule has 6 nitrogen and oxygen atoms in total. The molecule has 0 aromatic carbocycles. The highest BCUT2D eigenvalue weighted by Crippen LogP contribution is 2.01. The summed E-state index contributed by atoms with van der Waals surface area (Å²) in [6.07, 6.45) is 3.34. The van der Waals surface area contributed by atoms with Gasteiger partial charge in [-0.2, -0.15) is 4.98 Å². The van der Waals surface area contributed by atoms with Crippen molar-refractivity contribution in [1.82, 2.24) is 24.5 Å². The summed E-state index contributed by atoms with van der Waals surface area (Å²) in [5, 5.41) is 4.08. The van der Waals surface area contributed by atoms with Crippen molar-refractivity contribution in [3.05, 3.63) is 24.3 Å². The molecule has 0 unspecified atom stereocenters. The van der Waals surface area contributed by atoms with Gasteiger partial charge in [0, 0.05) is 25.5 Å². The molecule has 2 heterocycles. The van der Waals surface area contributed by atoms with E-state index in [4.69, 9.17) is 0 Å². The van der Waals surface area contributed by atoms with E-state index in [2.05, 4.69) is 15.1 Å². The molecular formula is C10H13N5O. The third-order valence-corrected chi connectivity index (χ3v) is 2.36. The SMILES string of the molecule is CCN(CC)C(=O)c1nc2ncccn2n1. The lowest BCUT2D eigenvalue weighted by atomic mass is 10.4. The quantitative estimate of drug-likeness (QED) is 0.758. The molecule has 0 radical (unpaired) electrons. The van der Waals surface area contributed by atoms with Crippen LogP contribution in [0.5, 0.6) is 0 Å². The average Bonchev–Trinajstić information content (AvgIpc) is 2.74. The van der Waals surface area contributed by atoms with E-state index in [1.807, 2.05) is 13.8 Å². The van der Waals surface area contributed by atoms with Gasteiger partial charge in [0.25, 0.3) is 11.7 Å². The largest absolute Gasteiger partial charge is 0.336 e. The van der Waals surface area contributed by atoms with E-state index in [-0.39, 0.29) is 11.7 Å². The van der Waals surface area contributed by atoms with Crippen molar-refractivity contribution in [2.24, 2.45) is 0 Å². The first kappa shape index (κ1) is 10.5. The van der Waals surface area contributed by atoms with E-state index in [0.717, 1.165) is 0 Å². The number of hydrogen-bond donors (Lipinski definition) is 0. The van der Waals surface area contributed by atoms with Crippen LogP contribution in [0.4, 0.5) is 0 Å². The molecular weight excluding hydrogens is 206 g/mol. The zero-order chi connectivity index (χ0) is 11.5. The summed E-state index contributed by atoms with van der Waals surface area (Å²) in [6, 6.07) is 1.74. The minimum Gasteiger partial charge on any atom is -0.336 e. The molecule has 6 heteroatoms. The fourth-order valence-electron chi connectivity index (χ4n) is 1.48. The Balaban J connectivity index is 2.36. The van der Waals surface area contributed by atoms with E-state index in [1.54, 1.807) is 23.4 Å². The number of carbonyl (C=O) groups is 1. The topological polar surface area (TPSA) is 63.4 Å². The lowest BCUT2D eigenvalue weighted by molar-refractivity contribution is 0.0761. The molecule has 0 N–H and O–H groups in total. The molecule has 0 saturated carbocycles. The van der Waals surface area contributed by atoms with E-state index in [9.17, 15) is 4.79 Å². The van der Waals surface area contributed by atoms with Gasteiger partial charge in [-0.25, -0.2) is 9.50 Å². The highest BCUT2D eigenvalue weighted by molar-refractivity contribution is 5.90. The number of amides is 1. The molecule has 0 aliphatic heterocycles. The highest BCUT2D eigenvalue weighted by Gasteiger charge is 2.17. The maximum Gasteiger partial charge on any atom is 0.293 e. The molecule has 2 rings (SSSR count). The fourth-order valence-corrected chi connectivity index (χ4v) is 1.48. The molecule has 16 heavy (non-hydrogen) atoms. The first-order valence-corrected chi connectivity index (χ1v) is 5.23. The van der Waals surface area contributed by atoms with Crippen LogP contribution in [0, 0.1) is 0 Å². The van der Waals surface area contributed by atoms with Gasteiger partial charge in [-0.3, -0.25) is 4.79 Å². The third-order valence-electron chi connectivity index (χ3n) is 2.36. The Morgan fingerprint density at radius 1 is 1.44 bits per heavy atom. The molecule has 2 aromatic heterocycles. The van der Waals surface area contributed by atoms with Crippen LogP contribution >= 0.6 is 0 Å². The average molecular weight is 219 g/mol. The second kappa shape index (κ2) is 4.26. The molecule has 0 bridgehead atoms. The van der Waals surface area contributed by atoms with Gasteiger partial charge in [-0.1, -0.05) is 0 Å². The van der Waals surface area contributed by atoms with Crippen LogP contribution in [0.15, 0.2) is 18.5 Å². The summed E-state index contributed by atoms with van der Waals surface area (Å²) in [5.41, 5.74) is 0. The Kier molecular flexibility index (Phi) is 2.80. The molecule has 0 spiro atoms. The Bertz CT molecular complexity index is 470. The van der Waals surface area contributed by atoms with E-state index >= 15 is 0 Å². The van der Waals surface area contributed by atoms with Crippen LogP contribution in [0.3, 0.4) is 0 Å².